The lowest BCUT2D eigenvalue weighted by Crippen LogP contribution is -2.30. The van der Waals surface area contributed by atoms with Crippen molar-refractivity contribution in [3.63, 3.8) is 0 Å². The second kappa shape index (κ2) is 8.24. The number of hydrogen-bond acceptors (Lipinski definition) is 7. The zero-order valence-electron chi connectivity index (χ0n) is 21.6. The van der Waals surface area contributed by atoms with Gasteiger partial charge in [0.25, 0.3) is 0 Å². The fraction of sp³-hybridized carbons (Fsp3) is 0.367. The zero-order chi connectivity index (χ0) is 26.9. The number of benzene rings is 3. The molecule has 0 N–H and O–H groups in total. The Morgan fingerprint density at radius 2 is 1.68 bits per heavy atom. The number of carbonyl (C=O) groups is 2. The van der Waals surface area contributed by atoms with Crippen molar-refractivity contribution in [2.75, 3.05) is 12.9 Å². The molecule has 3 aliphatic rings. The Kier molecular flexibility index (Phi) is 5.38. The molecule has 8 heteroatoms. The SMILES string of the molecule is COc1ccc(C(=O)/C(=N/OS(=O)(=O)CC23CC4CC(=O)C2(C3)C4(C)C)c2ccccc2)c2ccccc12. The van der Waals surface area contributed by atoms with Crippen LogP contribution in [-0.2, 0) is 19.2 Å². The van der Waals surface area contributed by atoms with E-state index in [0.29, 0.717) is 41.5 Å². The van der Waals surface area contributed by atoms with Crippen molar-refractivity contribution in [1.82, 2.24) is 0 Å². The molecule has 0 saturated heterocycles. The van der Waals surface area contributed by atoms with E-state index in [9.17, 15) is 18.0 Å². The number of nitrogens with zero attached hydrogens (tertiary/aromatic N) is 1. The van der Waals surface area contributed by atoms with Gasteiger partial charge in [0.15, 0.2) is 5.71 Å². The highest BCUT2D eigenvalue weighted by Gasteiger charge is 2.86. The number of hydrogen-bond donors (Lipinski definition) is 0. The molecule has 0 aromatic heterocycles. The highest BCUT2D eigenvalue weighted by atomic mass is 32.2. The van der Waals surface area contributed by atoms with Crippen LogP contribution in [0.25, 0.3) is 10.8 Å². The van der Waals surface area contributed by atoms with Crippen molar-refractivity contribution in [2.24, 2.45) is 27.3 Å². The topological polar surface area (TPSA) is 99.1 Å². The van der Waals surface area contributed by atoms with Gasteiger partial charge in [0.05, 0.1) is 12.9 Å². The van der Waals surface area contributed by atoms with Gasteiger partial charge in [-0.15, -0.1) is 0 Å². The summed E-state index contributed by atoms with van der Waals surface area (Å²) < 4.78 is 37.1. The standard InChI is InChI=1S/C30H29NO6S/c1-28(2)20-15-25(32)30(28)17-29(30,16-20)18-38(34,35)37-31-26(19-9-5-4-6-10-19)27(33)23-13-14-24(36-3)22-12-8-7-11-21(22)23/h4-14,20H,15-18H2,1-3H3/b31-26+. The third-order valence-electron chi connectivity index (χ3n) is 9.36. The van der Waals surface area contributed by atoms with Gasteiger partial charge >= 0.3 is 10.1 Å². The van der Waals surface area contributed by atoms with Gasteiger partial charge in [-0.25, -0.2) is 0 Å². The molecule has 3 aromatic carbocycles. The van der Waals surface area contributed by atoms with Crippen LogP contribution < -0.4 is 4.74 Å². The first-order chi connectivity index (χ1) is 18.1. The van der Waals surface area contributed by atoms with Crippen molar-refractivity contribution in [3.8, 4) is 5.75 Å². The minimum Gasteiger partial charge on any atom is -0.496 e. The second-order valence-electron chi connectivity index (χ2n) is 11.4. The third kappa shape index (κ3) is 3.39. The van der Waals surface area contributed by atoms with Gasteiger partial charge in [0.2, 0.25) is 5.78 Å². The van der Waals surface area contributed by atoms with Crippen molar-refractivity contribution in [1.29, 1.82) is 0 Å². The fourth-order valence-electron chi connectivity index (χ4n) is 7.46. The van der Waals surface area contributed by atoms with E-state index in [0.717, 1.165) is 5.39 Å². The summed E-state index contributed by atoms with van der Waals surface area (Å²) in [6.45, 7) is 4.16. The smallest absolute Gasteiger partial charge is 0.329 e. The highest BCUT2D eigenvalue weighted by molar-refractivity contribution is 7.86. The molecule has 1 spiro atoms. The molecule has 3 atom stereocenters. The Morgan fingerprint density at radius 1 is 1.00 bits per heavy atom. The minimum absolute atomic E-state index is 0.114. The summed E-state index contributed by atoms with van der Waals surface area (Å²) in [5, 5.41) is 5.37. The fourth-order valence-corrected chi connectivity index (χ4v) is 8.85. The molecule has 6 rings (SSSR count). The third-order valence-corrected chi connectivity index (χ3v) is 10.6. The number of Topliss-reactive ketones (excluding diaryl/α,β-unsaturated/α-hetero) is 2. The summed E-state index contributed by atoms with van der Waals surface area (Å²) in [5.41, 5.74) is -0.741. The van der Waals surface area contributed by atoms with Gasteiger partial charge < -0.3 is 4.74 Å². The van der Waals surface area contributed by atoms with Crippen molar-refractivity contribution in [2.45, 2.75) is 33.1 Å². The maximum atomic E-state index is 13.8. The van der Waals surface area contributed by atoms with Crippen LogP contribution in [0.4, 0.5) is 0 Å². The monoisotopic (exact) mass is 531 g/mol. The van der Waals surface area contributed by atoms with Gasteiger partial charge in [-0.05, 0) is 41.7 Å². The summed E-state index contributed by atoms with van der Waals surface area (Å²) in [6, 6.07) is 19.3. The summed E-state index contributed by atoms with van der Waals surface area (Å²) >= 11 is 0. The van der Waals surface area contributed by atoms with E-state index in [1.807, 2.05) is 24.3 Å². The van der Waals surface area contributed by atoms with Crippen molar-refractivity contribution < 1.29 is 27.0 Å². The van der Waals surface area contributed by atoms with E-state index in [1.165, 1.54) is 0 Å². The van der Waals surface area contributed by atoms with E-state index >= 15 is 0 Å². The largest absolute Gasteiger partial charge is 0.496 e. The summed E-state index contributed by atoms with van der Waals surface area (Å²) in [6.07, 6.45) is 1.79. The van der Waals surface area contributed by atoms with E-state index in [1.54, 1.807) is 49.6 Å². The van der Waals surface area contributed by atoms with Gasteiger partial charge in [-0.1, -0.05) is 73.6 Å². The maximum Gasteiger partial charge on any atom is 0.329 e. The Balaban J connectivity index is 1.34. The lowest BCUT2D eigenvalue weighted by molar-refractivity contribution is -0.125. The van der Waals surface area contributed by atoms with Crippen LogP contribution in [-0.4, -0.2) is 38.6 Å². The molecule has 7 nitrogen and oxygen atoms in total. The van der Waals surface area contributed by atoms with Crippen LogP contribution in [0.5, 0.6) is 5.75 Å². The molecule has 196 valence electrons. The number of oxime groups is 1. The summed E-state index contributed by atoms with van der Waals surface area (Å²) in [7, 11) is -2.60. The number of ketones is 2. The molecule has 0 radical (unpaired) electrons. The Labute approximate surface area is 221 Å². The number of ether oxygens (including phenoxy) is 1. The highest BCUT2D eigenvalue weighted by Crippen LogP contribution is 2.86. The van der Waals surface area contributed by atoms with E-state index in [4.69, 9.17) is 9.02 Å². The second-order valence-corrected chi connectivity index (χ2v) is 12.9. The van der Waals surface area contributed by atoms with Crippen molar-refractivity contribution in [3.05, 3.63) is 77.9 Å². The average molecular weight is 532 g/mol. The van der Waals surface area contributed by atoms with E-state index in [-0.39, 0.29) is 28.6 Å². The quantitative estimate of drug-likeness (QED) is 0.226. The molecule has 3 aliphatic carbocycles. The first kappa shape index (κ1) is 24.8. The van der Waals surface area contributed by atoms with Crippen LogP contribution in [0.15, 0.2) is 71.9 Å². The summed E-state index contributed by atoms with van der Waals surface area (Å²) in [5.74, 6) is 0.227. The lowest BCUT2D eigenvalue weighted by atomic mass is 9.76. The van der Waals surface area contributed by atoms with Crippen LogP contribution in [0.2, 0.25) is 0 Å². The first-order valence-electron chi connectivity index (χ1n) is 12.7. The number of methoxy groups -OCH3 is 1. The lowest BCUT2D eigenvalue weighted by Gasteiger charge is -2.26. The molecule has 3 fully saturated rings. The van der Waals surface area contributed by atoms with Crippen LogP contribution in [0.3, 0.4) is 0 Å². The molecule has 38 heavy (non-hydrogen) atoms. The molecule has 3 saturated carbocycles. The van der Waals surface area contributed by atoms with Crippen LogP contribution in [0.1, 0.15) is 49.0 Å². The average Bonchev–Trinajstić information content (AvgIpc) is 3.50. The van der Waals surface area contributed by atoms with Crippen molar-refractivity contribution >= 4 is 38.2 Å². The molecule has 0 aliphatic heterocycles. The number of rotatable bonds is 8. The van der Waals surface area contributed by atoms with Gasteiger partial charge in [0, 0.05) is 33.8 Å². The molecule has 0 heterocycles. The Morgan fingerprint density at radius 3 is 2.34 bits per heavy atom. The first-order valence-corrected chi connectivity index (χ1v) is 14.3. The minimum atomic E-state index is -4.17. The van der Waals surface area contributed by atoms with E-state index < -0.39 is 26.7 Å². The van der Waals surface area contributed by atoms with Crippen LogP contribution in [0, 0.1) is 22.2 Å². The van der Waals surface area contributed by atoms with E-state index in [2.05, 4.69) is 19.0 Å². The Hall–Kier alpha value is -3.52. The predicted molar refractivity (Wildman–Crippen MR) is 144 cm³/mol. The molecule has 2 bridgehead atoms. The van der Waals surface area contributed by atoms with Gasteiger partial charge in [-0.2, -0.15) is 8.42 Å². The number of fused-ring (bicyclic) bond motifs is 2. The maximum absolute atomic E-state index is 13.8. The normalized spacial score (nSPS) is 27.3. The zero-order valence-corrected chi connectivity index (χ0v) is 22.4. The van der Waals surface area contributed by atoms with Gasteiger partial charge in [-0.3, -0.25) is 13.9 Å². The number of carbonyl (C=O) groups excluding carboxylic acids is 2. The molecular weight excluding hydrogens is 502 g/mol. The van der Waals surface area contributed by atoms with Gasteiger partial charge in [0.1, 0.15) is 11.5 Å². The molecule has 3 unspecified atom stereocenters. The molecule has 0 amide bonds. The Bertz CT molecular complexity index is 1630. The molecular formula is C30H29NO6S. The summed E-state index contributed by atoms with van der Waals surface area (Å²) in [4.78, 5) is 26.7. The predicted octanol–water partition coefficient (Wildman–Crippen LogP) is 5.18. The molecule has 3 aromatic rings. The van der Waals surface area contributed by atoms with Crippen LogP contribution >= 0.6 is 0 Å².